The van der Waals surface area contributed by atoms with Crippen molar-refractivity contribution in [3.63, 3.8) is 0 Å². The van der Waals surface area contributed by atoms with Gasteiger partial charge in [0.1, 0.15) is 10.8 Å². The lowest BCUT2D eigenvalue weighted by atomic mass is 10.1. The Morgan fingerprint density at radius 2 is 1.94 bits per heavy atom. The number of hydrogen-bond acceptors (Lipinski definition) is 5. The van der Waals surface area contributed by atoms with Crippen LogP contribution in [0.2, 0.25) is 0 Å². The molecule has 4 rings (SSSR count). The molecule has 0 radical (unpaired) electrons. The molecule has 0 saturated heterocycles. The summed E-state index contributed by atoms with van der Waals surface area (Å²) in [5, 5.41) is 1.07. The summed E-state index contributed by atoms with van der Waals surface area (Å²) in [5.74, 6) is 0.242. The van der Waals surface area contributed by atoms with Crippen LogP contribution in [0.4, 0.5) is 0 Å². The van der Waals surface area contributed by atoms with Gasteiger partial charge in [0.2, 0.25) is 5.91 Å². The van der Waals surface area contributed by atoms with Crippen molar-refractivity contribution in [1.29, 1.82) is 0 Å². The Kier molecular flexibility index (Phi) is 6.46. The number of primary amides is 1. The number of aromatic nitrogens is 3. The number of aryl methyl sites for hydroxylation is 3. The molecule has 8 heteroatoms. The molecule has 0 aliphatic carbocycles. The smallest absolute Gasteiger partial charge is 0.306 e. The number of carbonyl (C=O) groups excluding carboxylic acids is 2. The van der Waals surface area contributed by atoms with Gasteiger partial charge in [0, 0.05) is 29.3 Å². The van der Waals surface area contributed by atoms with Crippen molar-refractivity contribution in [3.05, 3.63) is 77.5 Å². The van der Waals surface area contributed by atoms with Crippen LogP contribution < -0.4 is 5.73 Å². The Labute approximate surface area is 196 Å². The molecule has 0 aliphatic rings. The number of amides is 1. The van der Waals surface area contributed by atoms with Crippen LogP contribution >= 0.6 is 11.3 Å². The van der Waals surface area contributed by atoms with Crippen LogP contribution in [0.1, 0.15) is 40.8 Å². The predicted octanol–water partition coefficient (Wildman–Crippen LogP) is 4.60. The highest BCUT2D eigenvalue weighted by molar-refractivity contribution is 7.17. The Morgan fingerprint density at radius 1 is 1.12 bits per heavy atom. The number of ether oxygens (including phenoxy) is 1. The van der Waals surface area contributed by atoms with Crippen molar-refractivity contribution in [2.45, 2.75) is 33.6 Å². The highest BCUT2D eigenvalue weighted by Crippen LogP contribution is 2.35. The van der Waals surface area contributed by atoms with Gasteiger partial charge in [-0.2, -0.15) is 0 Å². The van der Waals surface area contributed by atoms with Gasteiger partial charge in [0.05, 0.1) is 23.6 Å². The molecule has 1 aromatic carbocycles. The Morgan fingerprint density at radius 3 is 2.61 bits per heavy atom. The van der Waals surface area contributed by atoms with Gasteiger partial charge in [-0.15, -0.1) is 11.3 Å². The maximum Gasteiger partial charge on any atom is 0.306 e. The molecule has 170 valence electrons. The lowest BCUT2D eigenvalue weighted by Gasteiger charge is -2.16. The molecule has 3 aromatic heterocycles. The van der Waals surface area contributed by atoms with Crippen LogP contribution in [0.5, 0.6) is 0 Å². The first-order chi connectivity index (χ1) is 15.9. The molecule has 0 bridgehead atoms. The van der Waals surface area contributed by atoms with Crippen molar-refractivity contribution in [3.8, 4) is 21.3 Å². The molecule has 0 spiro atoms. The molecule has 0 atom stereocenters. The number of nitrogens with zero attached hydrogens (tertiary/aromatic N) is 3. The molecule has 3 heterocycles. The van der Waals surface area contributed by atoms with Crippen molar-refractivity contribution < 1.29 is 14.3 Å². The van der Waals surface area contributed by atoms with E-state index in [1.165, 1.54) is 0 Å². The lowest BCUT2D eigenvalue weighted by Crippen LogP contribution is -2.12. The minimum absolute atomic E-state index is 0.221. The summed E-state index contributed by atoms with van der Waals surface area (Å²) in [6.07, 6.45) is 4.56. The highest BCUT2D eigenvalue weighted by Gasteiger charge is 2.18. The summed E-state index contributed by atoms with van der Waals surface area (Å²) < 4.78 is 9.32. The average Bonchev–Trinajstić information content (AvgIpc) is 3.51. The van der Waals surface area contributed by atoms with Crippen molar-refractivity contribution in [2.75, 3.05) is 6.61 Å². The number of thiophene rings is 1. The third kappa shape index (κ3) is 4.61. The lowest BCUT2D eigenvalue weighted by molar-refractivity contribution is -0.143. The normalized spacial score (nSPS) is 11.0. The zero-order chi connectivity index (χ0) is 23.5. The Balaban J connectivity index is 1.78. The molecule has 0 aliphatic heterocycles. The zero-order valence-corrected chi connectivity index (χ0v) is 19.7. The third-order valence-electron chi connectivity index (χ3n) is 5.48. The molecule has 33 heavy (non-hydrogen) atoms. The van der Waals surface area contributed by atoms with Crippen LogP contribution in [-0.4, -0.2) is 32.6 Å². The highest BCUT2D eigenvalue weighted by atomic mass is 32.1. The van der Waals surface area contributed by atoms with E-state index in [2.05, 4.69) is 32.3 Å². The summed E-state index contributed by atoms with van der Waals surface area (Å²) in [4.78, 5) is 29.1. The van der Waals surface area contributed by atoms with E-state index in [1.54, 1.807) is 36.6 Å². The topological polar surface area (TPSA) is 92.1 Å². The molecule has 1 amide bonds. The molecular formula is C25H26N4O3S. The number of esters is 1. The maximum absolute atomic E-state index is 12.0. The van der Waals surface area contributed by atoms with Gasteiger partial charge in [-0.1, -0.05) is 0 Å². The maximum atomic E-state index is 12.0. The van der Waals surface area contributed by atoms with Gasteiger partial charge in [0.25, 0.3) is 0 Å². The van der Waals surface area contributed by atoms with Crippen LogP contribution in [0, 0.1) is 13.8 Å². The van der Waals surface area contributed by atoms with Gasteiger partial charge in [-0.25, -0.2) is 4.98 Å². The predicted molar refractivity (Wildman–Crippen MR) is 129 cm³/mol. The molecular weight excluding hydrogens is 436 g/mol. The summed E-state index contributed by atoms with van der Waals surface area (Å²) in [7, 11) is 0. The Hall–Kier alpha value is -3.65. The van der Waals surface area contributed by atoms with E-state index in [4.69, 9.17) is 10.5 Å². The van der Waals surface area contributed by atoms with E-state index < -0.39 is 5.91 Å². The second-order valence-electron chi connectivity index (χ2n) is 7.70. The zero-order valence-electron chi connectivity index (χ0n) is 18.9. The van der Waals surface area contributed by atoms with E-state index >= 15 is 0 Å². The molecule has 0 unspecified atom stereocenters. The quantitative estimate of drug-likeness (QED) is 0.387. The Bertz CT molecular complexity index is 1310. The van der Waals surface area contributed by atoms with Gasteiger partial charge in [-0.3, -0.25) is 14.2 Å². The van der Waals surface area contributed by atoms with E-state index in [1.807, 2.05) is 32.2 Å². The van der Waals surface area contributed by atoms with Gasteiger partial charge < -0.3 is 15.0 Å². The largest absolute Gasteiger partial charge is 0.466 e. The van der Waals surface area contributed by atoms with Crippen LogP contribution in [0.25, 0.3) is 21.3 Å². The number of rotatable bonds is 8. The minimum atomic E-state index is -0.460. The number of benzene rings is 1. The van der Waals surface area contributed by atoms with Crippen molar-refractivity contribution >= 4 is 23.2 Å². The fourth-order valence-electron chi connectivity index (χ4n) is 3.88. The van der Waals surface area contributed by atoms with Crippen molar-refractivity contribution in [2.24, 2.45) is 5.73 Å². The summed E-state index contributed by atoms with van der Waals surface area (Å²) >= 11 is 1.66. The number of nitrogens with two attached hydrogens (primary N) is 1. The monoisotopic (exact) mass is 462 g/mol. The number of hydrogen-bond donors (Lipinski definition) is 1. The van der Waals surface area contributed by atoms with Crippen LogP contribution in [0.3, 0.4) is 0 Å². The number of imidazole rings is 1. The average molecular weight is 463 g/mol. The fourth-order valence-corrected chi connectivity index (χ4v) is 4.93. The van der Waals surface area contributed by atoms with E-state index in [0.29, 0.717) is 25.0 Å². The van der Waals surface area contributed by atoms with E-state index in [0.717, 1.165) is 38.3 Å². The summed E-state index contributed by atoms with van der Waals surface area (Å²) in [5.41, 5.74) is 9.79. The summed E-state index contributed by atoms with van der Waals surface area (Å²) in [6.45, 7) is 6.09. The second-order valence-corrected chi connectivity index (χ2v) is 8.76. The third-order valence-corrected chi connectivity index (χ3v) is 6.59. The first kappa shape index (κ1) is 22.5. The summed E-state index contributed by atoms with van der Waals surface area (Å²) in [6, 6.07) is 13.7. The molecule has 2 N–H and O–H groups in total. The number of carbonyl (C=O) groups is 2. The first-order valence-corrected chi connectivity index (χ1v) is 11.6. The molecule has 7 nitrogen and oxygen atoms in total. The SMILES string of the molecule is CCOC(=O)CCc1ccc(-c2ccc(-n3ccnc3C)s2)n1-c1ccc(C(N)=O)cc1C. The fraction of sp³-hybridized carbons (Fsp3) is 0.240. The second kappa shape index (κ2) is 9.46. The van der Waals surface area contributed by atoms with Gasteiger partial charge in [-0.05, 0) is 75.2 Å². The van der Waals surface area contributed by atoms with E-state index in [-0.39, 0.29) is 5.97 Å². The van der Waals surface area contributed by atoms with Gasteiger partial charge >= 0.3 is 5.97 Å². The van der Waals surface area contributed by atoms with Crippen LogP contribution in [-0.2, 0) is 16.0 Å². The van der Waals surface area contributed by atoms with Gasteiger partial charge in [0.15, 0.2) is 0 Å². The van der Waals surface area contributed by atoms with E-state index in [9.17, 15) is 9.59 Å². The molecule has 0 saturated carbocycles. The van der Waals surface area contributed by atoms with Crippen molar-refractivity contribution in [1.82, 2.24) is 14.1 Å². The minimum Gasteiger partial charge on any atom is -0.466 e. The molecule has 4 aromatic rings. The molecule has 0 fully saturated rings. The van der Waals surface area contributed by atoms with Crippen LogP contribution in [0.15, 0.2) is 54.9 Å². The standard InChI is InChI=1S/C25H26N4O3S/c1-4-32-24(30)12-7-19-6-9-21(22-10-11-23(33-22)28-14-13-27-17(28)3)29(19)20-8-5-18(25(26)31)15-16(20)2/h5-6,8-11,13-15H,4,7,12H2,1-3H3,(H2,26,31). The first-order valence-electron chi connectivity index (χ1n) is 10.8.